The molecule has 3 aromatic rings. The van der Waals surface area contributed by atoms with Crippen LogP contribution in [0.2, 0.25) is 0 Å². The van der Waals surface area contributed by atoms with Gasteiger partial charge in [0, 0.05) is 6.61 Å². The first-order valence-electron chi connectivity index (χ1n) is 10.5. The first-order chi connectivity index (χ1) is 13.9. The lowest BCUT2D eigenvalue weighted by molar-refractivity contribution is 0.282. The van der Waals surface area contributed by atoms with Gasteiger partial charge in [-0.25, -0.2) is 0 Å². The van der Waals surface area contributed by atoms with Crippen molar-refractivity contribution in [1.29, 1.82) is 0 Å². The molecule has 0 radical (unpaired) electrons. The average molecular weight is 391 g/mol. The Hall–Kier alpha value is -1.95. The summed E-state index contributed by atoms with van der Waals surface area (Å²) in [7, 11) is -0.527. The van der Waals surface area contributed by atoms with Crippen molar-refractivity contribution in [3.8, 4) is 0 Å². The van der Waals surface area contributed by atoms with Crippen molar-refractivity contribution in [2.45, 2.75) is 44.9 Å². The molecular formula is C26H31OP. The van der Waals surface area contributed by atoms with Crippen LogP contribution >= 0.6 is 7.92 Å². The fourth-order valence-corrected chi connectivity index (χ4v) is 6.16. The summed E-state index contributed by atoms with van der Waals surface area (Å²) < 4.78 is 0. The topological polar surface area (TPSA) is 20.2 Å². The van der Waals surface area contributed by atoms with Crippen LogP contribution in [0.4, 0.5) is 0 Å². The van der Waals surface area contributed by atoms with E-state index in [1.807, 2.05) is 0 Å². The minimum absolute atomic E-state index is 0.329. The standard InChI is InChI=1S/C26H31OP/c27-22-14-4-2-1-3-7-15-23-16-12-13-21-26(23)28(24-17-8-5-9-18-24)25-19-10-6-11-20-25/h5-6,8-13,16-21,27H,1-4,7,14-15,22H2. The Balaban J connectivity index is 1.76. The van der Waals surface area contributed by atoms with Gasteiger partial charge in [-0.3, -0.25) is 0 Å². The predicted molar refractivity (Wildman–Crippen MR) is 124 cm³/mol. The molecule has 0 aromatic heterocycles. The zero-order valence-electron chi connectivity index (χ0n) is 16.6. The highest BCUT2D eigenvalue weighted by Gasteiger charge is 2.18. The number of unbranched alkanes of at least 4 members (excludes halogenated alkanes) is 5. The fourth-order valence-electron chi connectivity index (χ4n) is 3.66. The third-order valence-electron chi connectivity index (χ3n) is 5.12. The number of hydrogen-bond donors (Lipinski definition) is 1. The Morgan fingerprint density at radius 2 is 1.04 bits per heavy atom. The molecule has 0 aliphatic heterocycles. The molecule has 0 aliphatic rings. The van der Waals surface area contributed by atoms with Crippen LogP contribution in [-0.4, -0.2) is 11.7 Å². The van der Waals surface area contributed by atoms with E-state index in [1.165, 1.54) is 47.2 Å². The molecule has 28 heavy (non-hydrogen) atoms. The summed E-state index contributed by atoms with van der Waals surface area (Å²) in [5, 5.41) is 13.2. The summed E-state index contributed by atoms with van der Waals surface area (Å²) in [6.07, 6.45) is 8.27. The lowest BCUT2D eigenvalue weighted by Gasteiger charge is -2.22. The van der Waals surface area contributed by atoms with Gasteiger partial charge < -0.3 is 5.11 Å². The molecule has 0 bridgehead atoms. The summed E-state index contributed by atoms with van der Waals surface area (Å²) in [5.41, 5.74) is 1.50. The van der Waals surface area contributed by atoms with Crippen molar-refractivity contribution < 1.29 is 5.11 Å². The molecule has 0 saturated carbocycles. The van der Waals surface area contributed by atoms with Gasteiger partial charge in [-0.05, 0) is 48.7 Å². The maximum absolute atomic E-state index is 8.89. The largest absolute Gasteiger partial charge is 0.396 e. The molecule has 0 amide bonds. The summed E-state index contributed by atoms with van der Waals surface area (Å²) in [6.45, 7) is 0.329. The van der Waals surface area contributed by atoms with Crippen molar-refractivity contribution in [1.82, 2.24) is 0 Å². The van der Waals surface area contributed by atoms with Crippen LogP contribution in [0.3, 0.4) is 0 Å². The lowest BCUT2D eigenvalue weighted by atomic mass is 10.0. The van der Waals surface area contributed by atoms with E-state index >= 15 is 0 Å². The summed E-state index contributed by atoms with van der Waals surface area (Å²) in [6, 6.07) is 31.0. The normalized spacial score (nSPS) is 11.1. The number of aryl methyl sites for hydroxylation is 1. The van der Waals surface area contributed by atoms with Crippen molar-refractivity contribution >= 4 is 23.8 Å². The molecule has 0 fully saturated rings. The van der Waals surface area contributed by atoms with E-state index in [2.05, 4.69) is 84.9 Å². The minimum Gasteiger partial charge on any atom is -0.396 e. The highest BCUT2D eigenvalue weighted by molar-refractivity contribution is 7.79. The van der Waals surface area contributed by atoms with E-state index in [1.54, 1.807) is 0 Å². The SMILES string of the molecule is OCCCCCCCCc1ccccc1P(c1ccccc1)c1ccccc1. The number of aliphatic hydroxyl groups is 1. The van der Waals surface area contributed by atoms with Crippen molar-refractivity contribution in [2.75, 3.05) is 6.61 Å². The van der Waals surface area contributed by atoms with Gasteiger partial charge in [0.05, 0.1) is 0 Å². The third kappa shape index (κ3) is 6.03. The fraction of sp³-hybridized carbons (Fsp3) is 0.308. The molecule has 0 spiro atoms. The quantitative estimate of drug-likeness (QED) is 0.347. The monoisotopic (exact) mass is 390 g/mol. The molecule has 3 aromatic carbocycles. The highest BCUT2D eigenvalue weighted by Crippen LogP contribution is 2.34. The van der Waals surface area contributed by atoms with E-state index in [0.717, 1.165) is 19.3 Å². The molecule has 1 N–H and O–H groups in total. The molecule has 146 valence electrons. The number of rotatable bonds is 11. The first kappa shape index (κ1) is 20.8. The van der Waals surface area contributed by atoms with Gasteiger partial charge >= 0.3 is 0 Å². The van der Waals surface area contributed by atoms with Gasteiger partial charge in [-0.15, -0.1) is 0 Å². The Labute approximate surface area is 171 Å². The molecule has 0 aliphatic carbocycles. The molecule has 0 unspecified atom stereocenters. The van der Waals surface area contributed by atoms with E-state index in [0.29, 0.717) is 6.61 Å². The van der Waals surface area contributed by atoms with Gasteiger partial charge in [0.1, 0.15) is 0 Å². The van der Waals surface area contributed by atoms with E-state index in [9.17, 15) is 0 Å². The number of benzene rings is 3. The smallest absolute Gasteiger partial charge is 0.0431 e. The van der Waals surface area contributed by atoms with Crippen LogP contribution < -0.4 is 15.9 Å². The zero-order valence-corrected chi connectivity index (χ0v) is 17.5. The first-order valence-corrected chi connectivity index (χ1v) is 11.8. The number of aliphatic hydroxyl groups excluding tert-OH is 1. The van der Waals surface area contributed by atoms with Gasteiger partial charge in [0.2, 0.25) is 0 Å². The van der Waals surface area contributed by atoms with Crippen LogP contribution in [0.15, 0.2) is 84.9 Å². The second-order valence-corrected chi connectivity index (χ2v) is 9.42. The van der Waals surface area contributed by atoms with Crippen LogP contribution in [0.25, 0.3) is 0 Å². The number of hydrogen-bond acceptors (Lipinski definition) is 1. The lowest BCUT2D eigenvalue weighted by Crippen LogP contribution is -2.23. The molecule has 0 heterocycles. The average Bonchev–Trinajstić information content (AvgIpc) is 2.76. The van der Waals surface area contributed by atoms with Crippen LogP contribution in [0.5, 0.6) is 0 Å². The summed E-state index contributed by atoms with van der Waals surface area (Å²) in [5.74, 6) is 0. The van der Waals surface area contributed by atoms with Gasteiger partial charge in [0.15, 0.2) is 0 Å². The predicted octanol–water partition coefficient (Wildman–Crippen LogP) is 5.32. The van der Waals surface area contributed by atoms with Crippen molar-refractivity contribution in [2.24, 2.45) is 0 Å². The van der Waals surface area contributed by atoms with Crippen molar-refractivity contribution in [3.63, 3.8) is 0 Å². The Kier molecular flexibility index (Phi) is 8.75. The molecule has 2 heteroatoms. The van der Waals surface area contributed by atoms with Gasteiger partial charge in [0.25, 0.3) is 0 Å². The Bertz CT molecular complexity index is 761. The summed E-state index contributed by atoms with van der Waals surface area (Å²) >= 11 is 0. The van der Waals surface area contributed by atoms with Gasteiger partial charge in [-0.1, -0.05) is 111 Å². The zero-order chi connectivity index (χ0) is 19.4. The second-order valence-electron chi connectivity index (χ2n) is 7.23. The minimum atomic E-state index is -0.527. The van der Waals surface area contributed by atoms with Crippen LogP contribution in [-0.2, 0) is 6.42 Å². The maximum atomic E-state index is 8.89. The highest BCUT2D eigenvalue weighted by atomic mass is 31.1. The Morgan fingerprint density at radius 3 is 1.64 bits per heavy atom. The molecular weight excluding hydrogens is 359 g/mol. The van der Waals surface area contributed by atoms with Gasteiger partial charge in [-0.2, -0.15) is 0 Å². The summed E-state index contributed by atoms with van der Waals surface area (Å²) in [4.78, 5) is 0. The maximum Gasteiger partial charge on any atom is 0.0431 e. The molecule has 3 rings (SSSR count). The van der Waals surface area contributed by atoms with E-state index < -0.39 is 7.92 Å². The van der Waals surface area contributed by atoms with Crippen molar-refractivity contribution in [3.05, 3.63) is 90.5 Å². The Morgan fingerprint density at radius 1 is 0.536 bits per heavy atom. The van der Waals surface area contributed by atoms with Crippen LogP contribution in [0, 0.1) is 0 Å². The second kappa shape index (κ2) is 11.8. The van der Waals surface area contributed by atoms with E-state index in [4.69, 9.17) is 5.11 Å². The molecule has 1 nitrogen and oxygen atoms in total. The van der Waals surface area contributed by atoms with Crippen LogP contribution in [0.1, 0.15) is 44.1 Å². The third-order valence-corrected chi connectivity index (χ3v) is 7.66. The molecule has 0 atom stereocenters. The molecule has 0 saturated heterocycles. The van der Waals surface area contributed by atoms with E-state index in [-0.39, 0.29) is 0 Å².